The Bertz CT molecular complexity index is 1030. The van der Waals surface area contributed by atoms with Gasteiger partial charge in [0.25, 0.3) is 0 Å². The zero-order chi connectivity index (χ0) is 22.2. The molecule has 1 saturated heterocycles. The lowest BCUT2D eigenvalue weighted by molar-refractivity contribution is -0.125. The SMILES string of the molecule is C[C@@H]1Cc2ccccc2N1C(=O)[C@H](C)N1CCC(C(=O)Nc2ccc3c(c2)OCO3)CC1. The van der Waals surface area contributed by atoms with Gasteiger partial charge in [0, 0.05) is 29.4 Å². The summed E-state index contributed by atoms with van der Waals surface area (Å²) in [5, 5.41) is 3.00. The first-order valence-electron chi connectivity index (χ1n) is 11.4. The van der Waals surface area contributed by atoms with Crippen LogP contribution in [-0.2, 0) is 16.0 Å². The monoisotopic (exact) mass is 435 g/mol. The van der Waals surface area contributed by atoms with Crippen LogP contribution in [-0.4, -0.2) is 48.7 Å². The number of carbonyl (C=O) groups is 2. The van der Waals surface area contributed by atoms with E-state index < -0.39 is 0 Å². The molecule has 2 aromatic rings. The van der Waals surface area contributed by atoms with Crippen LogP contribution in [0, 0.1) is 5.92 Å². The second-order valence-corrected chi connectivity index (χ2v) is 8.93. The molecule has 0 radical (unpaired) electrons. The second kappa shape index (κ2) is 8.47. The first kappa shape index (κ1) is 20.8. The van der Waals surface area contributed by atoms with E-state index in [9.17, 15) is 9.59 Å². The van der Waals surface area contributed by atoms with Gasteiger partial charge in [0.2, 0.25) is 18.6 Å². The third kappa shape index (κ3) is 3.81. The zero-order valence-electron chi connectivity index (χ0n) is 18.5. The van der Waals surface area contributed by atoms with E-state index >= 15 is 0 Å². The minimum absolute atomic E-state index is 0.0181. The lowest BCUT2D eigenvalue weighted by Gasteiger charge is -2.37. The standard InChI is InChI=1S/C25H29N3O4/c1-16-13-19-5-3-4-6-21(19)28(16)25(30)17(2)27-11-9-18(10-12-27)24(29)26-20-7-8-22-23(14-20)32-15-31-22/h3-8,14,16-18H,9-13,15H2,1-2H3,(H,26,29)/t16-,17+/m1/s1. The van der Waals surface area contributed by atoms with Crippen molar-refractivity contribution < 1.29 is 19.1 Å². The molecule has 168 valence electrons. The van der Waals surface area contributed by atoms with Gasteiger partial charge >= 0.3 is 0 Å². The quantitative estimate of drug-likeness (QED) is 0.797. The smallest absolute Gasteiger partial charge is 0.244 e. The van der Waals surface area contributed by atoms with Gasteiger partial charge in [-0.1, -0.05) is 18.2 Å². The number of benzene rings is 2. The first-order valence-corrected chi connectivity index (χ1v) is 11.4. The number of nitrogens with zero attached hydrogens (tertiary/aromatic N) is 2. The Hall–Kier alpha value is -3.06. The molecule has 3 heterocycles. The number of carbonyl (C=O) groups excluding carboxylic acids is 2. The predicted octanol–water partition coefficient (Wildman–Crippen LogP) is 3.43. The molecule has 1 fully saturated rings. The minimum atomic E-state index is -0.207. The fraction of sp³-hybridized carbons (Fsp3) is 0.440. The number of hydrogen-bond acceptors (Lipinski definition) is 5. The van der Waals surface area contributed by atoms with Crippen molar-refractivity contribution in [2.24, 2.45) is 5.92 Å². The number of hydrogen-bond donors (Lipinski definition) is 1. The number of likely N-dealkylation sites (tertiary alicyclic amines) is 1. The molecule has 2 aromatic carbocycles. The zero-order valence-corrected chi connectivity index (χ0v) is 18.5. The summed E-state index contributed by atoms with van der Waals surface area (Å²) < 4.78 is 10.7. The van der Waals surface area contributed by atoms with Gasteiger partial charge in [0.15, 0.2) is 11.5 Å². The highest BCUT2D eigenvalue weighted by Crippen LogP contribution is 2.35. The summed E-state index contributed by atoms with van der Waals surface area (Å²) in [6.07, 6.45) is 2.37. The first-order chi connectivity index (χ1) is 15.5. The van der Waals surface area contributed by atoms with Gasteiger partial charge in [-0.25, -0.2) is 0 Å². The van der Waals surface area contributed by atoms with Gasteiger partial charge < -0.3 is 19.7 Å². The molecule has 3 aliphatic heterocycles. The lowest BCUT2D eigenvalue weighted by Crippen LogP contribution is -2.52. The average Bonchev–Trinajstić information content (AvgIpc) is 3.41. The molecule has 0 bridgehead atoms. The lowest BCUT2D eigenvalue weighted by atomic mass is 9.94. The summed E-state index contributed by atoms with van der Waals surface area (Å²) in [7, 11) is 0. The van der Waals surface area contributed by atoms with Crippen LogP contribution in [0.3, 0.4) is 0 Å². The van der Waals surface area contributed by atoms with E-state index in [0.717, 1.165) is 38.0 Å². The molecule has 0 aliphatic carbocycles. The third-order valence-electron chi connectivity index (χ3n) is 6.89. The Morgan fingerprint density at radius 2 is 1.81 bits per heavy atom. The number of fused-ring (bicyclic) bond motifs is 2. The summed E-state index contributed by atoms with van der Waals surface area (Å²) in [5.74, 6) is 1.45. The van der Waals surface area contributed by atoms with Gasteiger partial charge in [0.05, 0.1) is 6.04 Å². The topological polar surface area (TPSA) is 71.1 Å². The van der Waals surface area contributed by atoms with Crippen LogP contribution in [0.2, 0.25) is 0 Å². The van der Waals surface area contributed by atoms with Crippen LogP contribution in [0.4, 0.5) is 11.4 Å². The van der Waals surface area contributed by atoms with Crippen LogP contribution in [0.1, 0.15) is 32.3 Å². The van der Waals surface area contributed by atoms with Gasteiger partial charge in [-0.2, -0.15) is 0 Å². The van der Waals surface area contributed by atoms with E-state index in [1.165, 1.54) is 5.56 Å². The fourth-order valence-electron chi connectivity index (χ4n) is 5.03. The van der Waals surface area contributed by atoms with Crippen molar-refractivity contribution in [3.8, 4) is 11.5 Å². The largest absolute Gasteiger partial charge is 0.454 e. The fourth-order valence-corrected chi connectivity index (χ4v) is 5.03. The van der Waals surface area contributed by atoms with Crippen molar-refractivity contribution >= 4 is 23.2 Å². The van der Waals surface area contributed by atoms with Gasteiger partial charge in [-0.05, 0) is 70.0 Å². The molecule has 2 amide bonds. The number of para-hydroxylation sites is 1. The van der Waals surface area contributed by atoms with Crippen LogP contribution in [0.5, 0.6) is 11.5 Å². The summed E-state index contributed by atoms with van der Waals surface area (Å²) >= 11 is 0. The summed E-state index contributed by atoms with van der Waals surface area (Å²) in [6.45, 7) is 5.77. The Kier molecular flexibility index (Phi) is 5.51. The number of ether oxygens (including phenoxy) is 2. The van der Waals surface area contributed by atoms with Crippen molar-refractivity contribution in [1.82, 2.24) is 4.90 Å². The molecule has 0 unspecified atom stereocenters. The molecular weight excluding hydrogens is 406 g/mol. The number of anilines is 2. The van der Waals surface area contributed by atoms with E-state index in [1.807, 2.05) is 42.2 Å². The number of rotatable bonds is 4. The Morgan fingerprint density at radius 1 is 1.06 bits per heavy atom. The normalized spacial score (nSPS) is 21.3. The van der Waals surface area contributed by atoms with Crippen LogP contribution >= 0.6 is 0 Å². The molecule has 5 rings (SSSR count). The van der Waals surface area contributed by atoms with Crippen molar-refractivity contribution in [1.29, 1.82) is 0 Å². The van der Waals surface area contributed by atoms with E-state index in [0.29, 0.717) is 17.2 Å². The number of amides is 2. The molecule has 7 heteroatoms. The number of piperidine rings is 1. The molecule has 2 atom stereocenters. The van der Waals surface area contributed by atoms with E-state index in [-0.39, 0.29) is 36.6 Å². The maximum atomic E-state index is 13.4. The van der Waals surface area contributed by atoms with Crippen LogP contribution in [0.25, 0.3) is 0 Å². The molecule has 0 spiro atoms. The Morgan fingerprint density at radius 3 is 2.62 bits per heavy atom. The molecule has 1 N–H and O–H groups in total. The molecule has 3 aliphatic rings. The maximum Gasteiger partial charge on any atom is 0.244 e. The Balaban J connectivity index is 1.17. The van der Waals surface area contributed by atoms with Gasteiger partial charge in [-0.15, -0.1) is 0 Å². The summed E-state index contributed by atoms with van der Waals surface area (Å²) in [6, 6.07) is 13.6. The number of nitrogens with one attached hydrogen (secondary N) is 1. The minimum Gasteiger partial charge on any atom is -0.454 e. The maximum absolute atomic E-state index is 13.4. The highest BCUT2D eigenvalue weighted by Gasteiger charge is 2.36. The molecule has 32 heavy (non-hydrogen) atoms. The molecule has 0 aromatic heterocycles. The molecular formula is C25H29N3O4. The average molecular weight is 436 g/mol. The van der Waals surface area contributed by atoms with Crippen LogP contribution < -0.4 is 19.7 Å². The highest BCUT2D eigenvalue weighted by atomic mass is 16.7. The van der Waals surface area contributed by atoms with E-state index in [1.54, 1.807) is 6.07 Å². The summed E-state index contributed by atoms with van der Waals surface area (Å²) in [5.41, 5.74) is 2.99. The summed E-state index contributed by atoms with van der Waals surface area (Å²) in [4.78, 5) is 30.3. The Labute approximate surface area is 188 Å². The van der Waals surface area contributed by atoms with Crippen molar-refractivity contribution in [3.63, 3.8) is 0 Å². The van der Waals surface area contributed by atoms with E-state index in [4.69, 9.17) is 9.47 Å². The van der Waals surface area contributed by atoms with Crippen molar-refractivity contribution in [2.75, 3.05) is 30.1 Å². The van der Waals surface area contributed by atoms with Crippen molar-refractivity contribution in [2.45, 2.75) is 45.2 Å². The second-order valence-electron chi connectivity index (χ2n) is 8.93. The van der Waals surface area contributed by atoms with Gasteiger partial charge in [-0.3, -0.25) is 14.5 Å². The van der Waals surface area contributed by atoms with Crippen molar-refractivity contribution in [3.05, 3.63) is 48.0 Å². The third-order valence-corrected chi connectivity index (χ3v) is 6.89. The predicted molar refractivity (Wildman–Crippen MR) is 122 cm³/mol. The molecule has 0 saturated carbocycles. The van der Waals surface area contributed by atoms with Crippen LogP contribution in [0.15, 0.2) is 42.5 Å². The molecule has 7 nitrogen and oxygen atoms in total. The highest BCUT2D eigenvalue weighted by molar-refractivity contribution is 5.99. The van der Waals surface area contributed by atoms with E-state index in [2.05, 4.69) is 23.2 Å². The van der Waals surface area contributed by atoms with Gasteiger partial charge in [0.1, 0.15) is 0 Å².